The molecule has 1 aromatic rings. The summed E-state index contributed by atoms with van der Waals surface area (Å²) in [6.07, 6.45) is 4.47. The Labute approximate surface area is 200 Å². The molecule has 0 unspecified atom stereocenters. The highest BCUT2D eigenvalue weighted by molar-refractivity contribution is 5.80. The van der Waals surface area contributed by atoms with E-state index in [0.29, 0.717) is 18.9 Å². The van der Waals surface area contributed by atoms with Crippen LogP contribution in [0.3, 0.4) is 0 Å². The number of benzene rings is 1. The molecule has 1 N–H and O–H groups in total. The van der Waals surface area contributed by atoms with Crippen LogP contribution in [0.15, 0.2) is 30.3 Å². The molecule has 6 nitrogen and oxygen atoms in total. The van der Waals surface area contributed by atoms with Gasteiger partial charge in [0.05, 0.1) is 30.6 Å². The molecule has 1 aromatic carbocycles. The van der Waals surface area contributed by atoms with E-state index < -0.39 is 0 Å². The van der Waals surface area contributed by atoms with Crippen LogP contribution in [0.5, 0.6) is 0 Å². The van der Waals surface area contributed by atoms with Crippen molar-refractivity contribution in [3.8, 4) is 0 Å². The van der Waals surface area contributed by atoms with Crippen molar-refractivity contribution in [2.75, 3.05) is 20.8 Å². The predicted molar refractivity (Wildman–Crippen MR) is 132 cm³/mol. The molecule has 2 rings (SSSR count). The zero-order valence-corrected chi connectivity index (χ0v) is 21.4. The van der Waals surface area contributed by atoms with Gasteiger partial charge in [-0.3, -0.25) is 9.59 Å². The normalized spacial score (nSPS) is 20.7. The van der Waals surface area contributed by atoms with Gasteiger partial charge in [0.15, 0.2) is 0 Å². The zero-order valence-electron chi connectivity index (χ0n) is 21.4. The van der Waals surface area contributed by atoms with Crippen molar-refractivity contribution in [3.05, 3.63) is 35.9 Å². The zero-order chi connectivity index (χ0) is 24.4. The number of amides is 2. The lowest BCUT2D eigenvalue weighted by atomic mass is 9.93. The van der Waals surface area contributed by atoms with Crippen molar-refractivity contribution in [2.24, 2.45) is 11.8 Å². The molecule has 186 valence electrons. The third-order valence-electron chi connectivity index (χ3n) is 7.05. The van der Waals surface area contributed by atoms with E-state index in [1.807, 2.05) is 36.9 Å². The highest BCUT2D eigenvalue weighted by Crippen LogP contribution is 2.28. The van der Waals surface area contributed by atoms with Crippen LogP contribution in [0.4, 0.5) is 0 Å². The lowest BCUT2D eigenvalue weighted by molar-refractivity contribution is -0.142. The topological polar surface area (TPSA) is 67.9 Å². The maximum atomic E-state index is 13.2. The predicted octanol–water partition coefficient (Wildman–Crippen LogP) is 4.22. The molecule has 0 aliphatic carbocycles. The Hall–Kier alpha value is -1.92. The van der Waals surface area contributed by atoms with Crippen LogP contribution in [-0.4, -0.2) is 61.8 Å². The Morgan fingerprint density at radius 3 is 2.42 bits per heavy atom. The summed E-state index contributed by atoms with van der Waals surface area (Å²) in [6.45, 7) is 8.98. The second kappa shape index (κ2) is 13.7. The van der Waals surface area contributed by atoms with Gasteiger partial charge in [-0.05, 0) is 44.1 Å². The van der Waals surface area contributed by atoms with E-state index in [-0.39, 0.29) is 42.0 Å². The summed E-state index contributed by atoms with van der Waals surface area (Å²) in [7, 11) is 3.33. The summed E-state index contributed by atoms with van der Waals surface area (Å²) in [5.41, 5.74) is 1.19. The van der Waals surface area contributed by atoms with Gasteiger partial charge in [-0.25, -0.2) is 0 Å². The Bertz CT molecular complexity index is 726. The minimum absolute atomic E-state index is 0.0178. The van der Waals surface area contributed by atoms with Gasteiger partial charge >= 0.3 is 0 Å². The number of nitrogens with one attached hydrogen (secondary N) is 1. The van der Waals surface area contributed by atoms with Gasteiger partial charge in [-0.2, -0.15) is 0 Å². The van der Waals surface area contributed by atoms with Gasteiger partial charge in [0.25, 0.3) is 0 Å². The molecule has 0 saturated carbocycles. The third kappa shape index (κ3) is 8.11. The second-order valence-electron chi connectivity index (χ2n) is 9.70. The van der Waals surface area contributed by atoms with Crippen molar-refractivity contribution in [1.29, 1.82) is 0 Å². The molecule has 0 bridgehead atoms. The molecule has 0 spiro atoms. The van der Waals surface area contributed by atoms with Crippen LogP contribution in [0, 0.1) is 11.8 Å². The number of carbonyl (C=O) groups excluding carboxylic acids is 2. The lowest BCUT2D eigenvalue weighted by Gasteiger charge is -2.35. The Kier molecular flexibility index (Phi) is 11.3. The summed E-state index contributed by atoms with van der Waals surface area (Å²) < 4.78 is 11.4. The van der Waals surface area contributed by atoms with E-state index in [1.165, 1.54) is 5.56 Å². The van der Waals surface area contributed by atoms with Gasteiger partial charge in [-0.1, -0.05) is 57.5 Å². The molecule has 2 amide bonds. The first-order valence-electron chi connectivity index (χ1n) is 12.5. The summed E-state index contributed by atoms with van der Waals surface area (Å²) in [5.74, 6) is 0.228. The van der Waals surface area contributed by atoms with Crippen LogP contribution in [-0.2, 0) is 25.5 Å². The largest absolute Gasteiger partial charge is 0.381 e. The first-order chi connectivity index (χ1) is 15.8. The minimum atomic E-state index is -0.357. The van der Waals surface area contributed by atoms with Crippen molar-refractivity contribution in [3.63, 3.8) is 0 Å². The Balaban J connectivity index is 1.98. The molecule has 6 heteroatoms. The van der Waals surface area contributed by atoms with Crippen LogP contribution in [0.2, 0.25) is 0 Å². The molecule has 33 heavy (non-hydrogen) atoms. The number of ether oxygens (including phenoxy) is 2. The maximum Gasteiger partial charge on any atom is 0.225 e. The number of rotatable bonds is 13. The van der Waals surface area contributed by atoms with Gasteiger partial charge in [-0.15, -0.1) is 0 Å². The molecule has 1 fully saturated rings. The highest BCUT2D eigenvalue weighted by Gasteiger charge is 2.40. The van der Waals surface area contributed by atoms with Crippen LogP contribution >= 0.6 is 0 Å². The van der Waals surface area contributed by atoms with Gasteiger partial charge < -0.3 is 19.7 Å². The van der Waals surface area contributed by atoms with Crippen molar-refractivity contribution >= 4 is 11.8 Å². The summed E-state index contributed by atoms with van der Waals surface area (Å²) in [5, 5.41) is 3.14. The average Bonchev–Trinajstić information content (AvgIpc) is 3.29. The molecular formula is C27H44N2O4. The van der Waals surface area contributed by atoms with E-state index in [1.54, 1.807) is 14.2 Å². The van der Waals surface area contributed by atoms with Crippen molar-refractivity contribution in [1.82, 2.24) is 10.2 Å². The fraction of sp³-hybridized carbons (Fsp3) is 0.704. The number of likely N-dealkylation sites (tertiary alicyclic amines) is 1. The number of carbonyl (C=O) groups is 2. The number of hydrogen-bond donors (Lipinski definition) is 1. The number of hydrogen-bond acceptors (Lipinski definition) is 4. The lowest BCUT2D eigenvalue weighted by Crippen LogP contribution is -2.51. The minimum Gasteiger partial charge on any atom is -0.381 e. The van der Waals surface area contributed by atoms with E-state index >= 15 is 0 Å². The third-order valence-corrected chi connectivity index (χ3v) is 7.05. The van der Waals surface area contributed by atoms with E-state index in [9.17, 15) is 9.59 Å². The van der Waals surface area contributed by atoms with Gasteiger partial charge in [0.1, 0.15) is 0 Å². The summed E-state index contributed by atoms with van der Waals surface area (Å²) >= 11 is 0. The maximum absolute atomic E-state index is 13.2. The van der Waals surface area contributed by atoms with Crippen LogP contribution in [0.1, 0.15) is 65.4 Å². The van der Waals surface area contributed by atoms with Crippen molar-refractivity contribution in [2.45, 2.75) is 90.5 Å². The number of methoxy groups -OCH3 is 2. The Morgan fingerprint density at radius 2 is 1.82 bits per heavy atom. The quantitative estimate of drug-likeness (QED) is 0.479. The standard InChI is InChI=1S/C27H44N2O4/c1-7-19(2)16-23(32-5)18-25(30)29-15-11-14-24(29)26(33-6)21(4)27(31)28-20(3)17-22-12-9-8-10-13-22/h8-10,12-13,19-21,23-24,26H,7,11,14-18H2,1-6H3,(H,28,31)/t19-,20+,21+,23-,24-,26-/m0/s1. The number of nitrogens with zero attached hydrogens (tertiary/aromatic N) is 1. The summed E-state index contributed by atoms with van der Waals surface area (Å²) in [6, 6.07) is 10.1. The highest BCUT2D eigenvalue weighted by atomic mass is 16.5. The Morgan fingerprint density at radius 1 is 1.12 bits per heavy atom. The van der Waals surface area contributed by atoms with Crippen molar-refractivity contribution < 1.29 is 19.1 Å². The molecule has 1 heterocycles. The van der Waals surface area contributed by atoms with Crippen LogP contribution in [0.25, 0.3) is 0 Å². The van der Waals surface area contributed by atoms with E-state index in [0.717, 1.165) is 32.1 Å². The first kappa shape index (κ1) is 27.3. The van der Waals surface area contributed by atoms with E-state index in [2.05, 4.69) is 31.3 Å². The molecule has 0 aromatic heterocycles. The second-order valence-corrected chi connectivity index (χ2v) is 9.70. The smallest absolute Gasteiger partial charge is 0.225 e. The average molecular weight is 461 g/mol. The molecule has 1 saturated heterocycles. The molecule has 0 radical (unpaired) electrons. The monoisotopic (exact) mass is 460 g/mol. The molecule has 6 atom stereocenters. The molecule has 1 aliphatic heterocycles. The fourth-order valence-corrected chi connectivity index (χ4v) is 4.87. The molecule has 1 aliphatic rings. The van der Waals surface area contributed by atoms with E-state index in [4.69, 9.17) is 9.47 Å². The van der Waals surface area contributed by atoms with Crippen LogP contribution < -0.4 is 5.32 Å². The van der Waals surface area contributed by atoms with Gasteiger partial charge in [0, 0.05) is 26.8 Å². The summed E-state index contributed by atoms with van der Waals surface area (Å²) in [4.78, 5) is 28.1. The van der Waals surface area contributed by atoms with Gasteiger partial charge in [0.2, 0.25) is 11.8 Å². The molecular weight excluding hydrogens is 416 g/mol. The first-order valence-corrected chi connectivity index (χ1v) is 12.5. The fourth-order valence-electron chi connectivity index (χ4n) is 4.87. The SMILES string of the molecule is CC[C@H](C)C[C@@H](CC(=O)N1CCC[C@H]1[C@@H](OC)[C@@H](C)C(=O)N[C@H](C)Cc1ccccc1)OC.